The second kappa shape index (κ2) is 7.05. The summed E-state index contributed by atoms with van der Waals surface area (Å²) in [6, 6.07) is 28.3. The molecule has 0 saturated carbocycles. The molecule has 3 aromatic carbocycles. The Morgan fingerprint density at radius 3 is 2.32 bits per heavy atom. The van der Waals surface area contributed by atoms with E-state index in [2.05, 4.69) is 28.5 Å². The van der Waals surface area contributed by atoms with Gasteiger partial charge in [-0.05, 0) is 42.0 Å². The quantitative estimate of drug-likeness (QED) is 0.521. The largest absolute Gasteiger partial charge is 0.487 e. The summed E-state index contributed by atoms with van der Waals surface area (Å²) in [6.45, 7) is 0.526. The van der Waals surface area contributed by atoms with Gasteiger partial charge in [0.1, 0.15) is 17.9 Å². The van der Waals surface area contributed by atoms with Gasteiger partial charge in [0, 0.05) is 23.0 Å². The van der Waals surface area contributed by atoms with Crippen LogP contribution < -0.4 is 10.1 Å². The van der Waals surface area contributed by atoms with Crippen molar-refractivity contribution in [2.24, 2.45) is 0 Å². The number of hydrogen-bond donors (Lipinski definition) is 1. The smallest absolute Gasteiger partial charge is 0.146 e. The Morgan fingerprint density at radius 1 is 0.760 bits per heavy atom. The molecule has 1 N–H and O–H groups in total. The van der Waals surface area contributed by atoms with Crippen LogP contribution in [0.25, 0.3) is 10.9 Å². The minimum Gasteiger partial charge on any atom is -0.487 e. The molecule has 122 valence electrons. The van der Waals surface area contributed by atoms with Crippen LogP contribution in [0.5, 0.6) is 5.75 Å². The van der Waals surface area contributed by atoms with E-state index < -0.39 is 0 Å². The molecule has 4 rings (SSSR count). The molecule has 0 spiro atoms. The highest BCUT2D eigenvalue weighted by atomic mass is 16.5. The first-order valence-electron chi connectivity index (χ1n) is 8.27. The maximum absolute atomic E-state index is 6.02. The van der Waals surface area contributed by atoms with Crippen LogP contribution in [0.1, 0.15) is 5.56 Å². The normalized spacial score (nSPS) is 10.6. The zero-order valence-corrected chi connectivity index (χ0v) is 13.7. The van der Waals surface area contributed by atoms with Gasteiger partial charge in [0.05, 0.1) is 0 Å². The summed E-state index contributed by atoms with van der Waals surface area (Å²) in [6.07, 6.45) is 1.80. The van der Waals surface area contributed by atoms with Crippen molar-refractivity contribution in [3.8, 4) is 5.75 Å². The maximum Gasteiger partial charge on any atom is 0.146 e. The summed E-state index contributed by atoms with van der Waals surface area (Å²) in [5.74, 6) is 0.790. The minimum absolute atomic E-state index is 0.526. The number of anilines is 2. The van der Waals surface area contributed by atoms with Gasteiger partial charge >= 0.3 is 0 Å². The molecule has 3 heteroatoms. The van der Waals surface area contributed by atoms with Gasteiger partial charge in [0.15, 0.2) is 0 Å². The maximum atomic E-state index is 6.02. The molecule has 0 amide bonds. The van der Waals surface area contributed by atoms with E-state index in [0.29, 0.717) is 6.61 Å². The Bertz CT molecular complexity index is 969. The van der Waals surface area contributed by atoms with Crippen molar-refractivity contribution in [2.75, 3.05) is 5.32 Å². The number of nitrogens with zero attached hydrogens (tertiary/aromatic N) is 1. The second-order valence-corrected chi connectivity index (χ2v) is 5.78. The van der Waals surface area contributed by atoms with Gasteiger partial charge in [-0.25, -0.2) is 0 Å². The molecule has 3 nitrogen and oxygen atoms in total. The highest BCUT2D eigenvalue weighted by Gasteiger charge is 2.08. The fourth-order valence-electron chi connectivity index (χ4n) is 2.78. The van der Waals surface area contributed by atoms with E-state index in [9.17, 15) is 0 Å². The molecule has 0 unspecified atom stereocenters. The Hall–Kier alpha value is -3.33. The summed E-state index contributed by atoms with van der Waals surface area (Å²) in [5.41, 5.74) is 4.06. The van der Waals surface area contributed by atoms with E-state index in [1.165, 1.54) is 0 Å². The van der Waals surface area contributed by atoms with Crippen molar-refractivity contribution in [1.82, 2.24) is 4.98 Å². The number of pyridine rings is 1. The van der Waals surface area contributed by atoms with E-state index in [-0.39, 0.29) is 0 Å². The van der Waals surface area contributed by atoms with Crippen LogP contribution >= 0.6 is 0 Å². The molecule has 0 bridgehead atoms. The number of para-hydroxylation sites is 1. The molecular weight excluding hydrogens is 308 g/mol. The number of benzene rings is 3. The zero-order valence-electron chi connectivity index (χ0n) is 13.7. The van der Waals surface area contributed by atoms with Crippen molar-refractivity contribution in [3.05, 3.63) is 96.7 Å². The highest BCUT2D eigenvalue weighted by Crippen LogP contribution is 2.32. The Morgan fingerprint density at radius 2 is 1.52 bits per heavy atom. The number of fused-ring (bicyclic) bond motifs is 1. The lowest BCUT2D eigenvalue weighted by Crippen LogP contribution is -1.98. The number of hydrogen-bond acceptors (Lipinski definition) is 3. The van der Waals surface area contributed by atoms with E-state index >= 15 is 0 Å². The first-order valence-corrected chi connectivity index (χ1v) is 8.27. The van der Waals surface area contributed by atoms with E-state index in [4.69, 9.17) is 4.74 Å². The van der Waals surface area contributed by atoms with Gasteiger partial charge in [-0.2, -0.15) is 0 Å². The number of ether oxygens (including phenoxy) is 1. The number of aromatic nitrogens is 1. The van der Waals surface area contributed by atoms with E-state index in [1.807, 2.05) is 66.7 Å². The molecule has 4 aromatic rings. The van der Waals surface area contributed by atoms with E-state index in [1.54, 1.807) is 6.20 Å². The lowest BCUT2D eigenvalue weighted by molar-refractivity contribution is 0.309. The third-order valence-electron chi connectivity index (χ3n) is 4.02. The predicted molar refractivity (Wildman–Crippen MR) is 102 cm³/mol. The third-order valence-corrected chi connectivity index (χ3v) is 4.02. The first-order chi connectivity index (χ1) is 12.4. The lowest BCUT2D eigenvalue weighted by Gasteiger charge is -2.13. The topological polar surface area (TPSA) is 34.1 Å². The monoisotopic (exact) mass is 326 g/mol. The summed E-state index contributed by atoms with van der Waals surface area (Å²) in [7, 11) is 0. The molecule has 0 atom stereocenters. The molecule has 0 aliphatic carbocycles. The standard InChI is InChI=1S/C22H18N2O/c1-3-8-17(9-4-1)16-25-21-14-13-20(19-12-7-15-23-22(19)21)24-18-10-5-2-6-11-18/h1-15,24H,16H2. The fraction of sp³-hybridized carbons (Fsp3) is 0.0455. The molecular formula is C22H18N2O. The van der Waals surface area contributed by atoms with Gasteiger partial charge in [-0.1, -0.05) is 48.5 Å². The van der Waals surface area contributed by atoms with Crippen molar-refractivity contribution in [2.45, 2.75) is 6.61 Å². The van der Waals surface area contributed by atoms with Crippen LogP contribution in [0.15, 0.2) is 91.1 Å². The average molecular weight is 326 g/mol. The molecule has 1 heterocycles. The molecule has 0 aliphatic heterocycles. The minimum atomic E-state index is 0.526. The van der Waals surface area contributed by atoms with Gasteiger partial charge in [-0.15, -0.1) is 0 Å². The lowest BCUT2D eigenvalue weighted by atomic mass is 10.1. The Balaban J connectivity index is 1.64. The Kier molecular flexibility index (Phi) is 4.29. The SMILES string of the molecule is c1ccc(COc2ccc(Nc3ccccc3)c3cccnc23)cc1. The first kappa shape index (κ1) is 15.2. The Labute approximate surface area is 146 Å². The van der Waals surface area contributed by atoms with Gasteiger partial charge in [0.25, 0.3) is 0 Å². The predicted octanol–water partition coefficient (Wildman–Crippen LogP) is 5.56. The molecule has 0 radical (unpaired) electrons. The van der Waals surface area contributed by atoms with E-state index in [0.717, 1.165) is 33.6 Å². The zero-order chi connectivity index (χ0) is 16.9. The molecule has 25 heavy (non-hydrogen) atoms. The molecule has 0 fully saturated rings. The average Bonchev–Trinajstić information content (AvgIpc) is 2.69. The van der Waals surface area contributed by atoms with Crippen molar-refractivity contribution >= 4 is 22.3 Å². The second-order valence-electron chi connectivity index (χ2n) is 5.78. The van der Waals surface area contributed by atoms with Crippen LogP contribution in [0.2, 0.25) is 0 Å². The summed E-state index contributed by atoms with van der Waals surface area (Å²) in [4.78, 5) is 4.53. The third kappa shape index (κ3) is 3.45. The van der Waals surface area contributed by atoms with Gasteiger partial charge in [-0.3, -0.25) is 4.98 Å². The van der Waals surface area contributed by atoms with Gasteiger partial charge in [0.2, 0.25) is 0 Å². The van der Waals surface area contributed by atoms with Crippen molar-refractivity contribution in [3.63, 3.8) is 0 Å². The van der Waals surface area contributed by atoms with Crippen LogP contribution in [-0.4, -0.2) is 4.98 Å². The van der Waals surface area contributed by atoms with Crippen LogP contribution in [0, 0.1) is 0 Å². The molecule has 1 aromatic heterocycles. The fourth-order valence-corrected chi connectivity index (χ4v) is 2.78. The molecule has 0 saturated heterocycles. The van der Waals surface area contributed by atoms with Crippen LogP contribution in [-0.2, 0) is 6.61 Å². The summed E-state index contributed by atoms with van der Waals surface area (Å²) in [5, 5.41) is 4.49. The van der Waals surface area contributed by atoms with Crippen molar-refractivity contribution in [1.29, 1.82) is 0 Å². The van der Waals surface area contributed by atoms with Crippen LogP contribution in [0.4, 0.5) is 11.4 Å². The number of rotatable bonds is 5. The summed E-state index contributed by atoms with van der Waals surface area (Å²) < 4.78 is 6.02. The summed E-state index contributed by atoms with van der Waals surface area (Å²) >= 11 is 0. The van der Waals surface area contributed by atoms with Gasteiger partial charge < -0.3 is 10.1 Å². The van der Waals surface area contributed by atoms with Crippen LogP contribution in [0.3, 0.4) is 0 Å². The highest BCUT2D eigenvalue weighted by molar-refractivity contribution is 5.96. The number of nitrogens with one attached hydrogen (secondary N) is 1. The molecule has 0 aliphatic rings. The van der Waals surface area contributed by atoms with Crippen molar-refractivity contribution < 1.29 is 4.74 Å².